The summed E-state index contributed by atoms with van der Waals surface area (Å²) < 4.78 is 5.30. The summed E-state index contributed by atoms with van der Waals surface area (Å²) in [4.78, 5) is 16.6. The number of hydrogen-bond donors (Lipinski definition) is 0. The Kier molecular flexibility index (Phi) is 4.31. The Bertz CT molecular complexity index is 684. The van der Waals surface area contributed by atoms with Crippen molar-refractivity contribution >= 4 is 29.0 Å². The molecule has 0 radical (unpaired) electrons. The van der Waals surface area contributed by atoms with Gasteiger partial charge in [-0.1, -0.05) is 29.3 Å². The third kappa shape index (κ3) is 2.79. The van der Waals surface area contributed by atoms with Gasteiger partial charge in [-0.05, 0) is 37.1 Å². The highest BCUT2D eigenvalue weighted by Gasteiger charge is 2.21. The van der Waals surface area contributed by atoms with Crippen LogP contribution in [0.2, 0.25) is 10.0 Å². The molecule has 0 bridgehead atoms. The van der Waals surface area contributed by atoms with Crippen LogP contribution in [0.5, 0.6) is 5.75 Å². The SMILES string of the molecule is COc1cc(C)cc(C)c1C(=O)c1ncc(Cl)cc1Cl. The van der Waals surface area contributed by atoms with Gasteiger partial charge < -0.3 is 4.74 Å². The summed E-state index contributed by atoms with van der Waals surface area (Å²) >= 11 is 11.8. The third-order valence-corrected chi connectivity index (χ3v) is 3.41. The Hall–Kier alpha value is -1.58. The predicted molar refractivity (Wildman–Crippen MR) is 80.2 cm³/mol. The third-order valence-electron chi connectivity index (χ3n) is 2.91. The van der Waals surface area contributed by atoms with E-state index in [-0.39, 0.29) is 16.5 Å². The fraction of sp³-hybridized carbons (Fsp3) is 0.200. The summed E-state index contributed by atoms with van der Waals surface area (Å²) in [7, 11) is 1.53. The minimum absolute atomic E-state index is 0.168. The molecule has 1 aromatic carbocycles. The summed E-state index contributed by atoms with van der Waals surface area (Å²) in [6.45, 7) is 3.80. The summed E-state index contributed by atoms with van der Waals surface area (Å²) in [5.74, 6) is 0.237. The zero-order chi connectivity index (χ0) is 14.9. The maximum atomic E-state index is 12.6. The number of methoxy groups -OCH3 is 1. The van der Waals surface area contributed by atoms with E-state index in [1.54, 1.807) is 0 Å². The molecule has 0 saturated heterocycles. The normalized spacial score (nSPS) is 10.4. The Balaban J connectivity index is 2.59. The Morgan fingerprint density at radius 3 is 2.50 bits per heavy atom. The number of carbonyl (C=O) groups excluding carboxylic acids is 1. The van der Waals surface area contributed by atoms with E-state index < -0.39 is 0 Å². The predicted octanol–water partition coefficient (Wildman–Crippen LogP) is 4.24. The van der Waals surface area contributed by atoms with Crippen LogP contribution in [-0.4, -0.2) is 17.9 Å². The molecule has 1 heterocycles. The molecule has 0 N–H and O–H groups in total. The summed E-state index contributed by atoms with van der Waals surface area (Å²) in [6, 6.07) is 5.23. The lowest BCUT2D eigenvalue weighted by atomic mass is 9.98. The summed E-state index contributed by atoms with van der Waals surface area (Å²) in [5, 5.41) is 0.615. The fourth-order valence-electron chi connectivity index (χ4n) is 2.08. The number of benzene rings is 1. The zero-order valence-corrected chi connectivity index (χ0v) is 12.8. The van der Waals surface area contributed by atoms with Crippen LogP contribution < -0.4 is 4.74 Å². The first-order valence-corrected chi connectivity index (χ1v) is 6.70. The number of nitrogens with zero attached hydrogens (tertiary/aromatic N) is 1. The average Bonchev–Trinajstić information content (AvgIpc) is 2.37. The second kappa shape index (κ2) is 5.81. The van der Waals surface area contributed by atoms with Gasteiger partial charge in [-0.3, -0.25) is 4.79 Å². The first kappa shape index (κ1) is 14.8. The molecular weight excluding hydrogens is 297 g/mol. The monoisotopic (exact) mass is 309 g/mol. The van der Waals surface area contributed by atoms with E-state index in [1.165, 1.54) is 19.4 Å². The van der Waals surface area contributed by atoms with Crippen LogP contribution in [0.4, 0.5) is 0 Å². The van der Waals surface area contributed by atoms with E-state index >= 15 is 0 Å². The van der Waals surface area contributed by atoms with Crippen LogP contribution in [0.15, 0.2) is 24.4 Å². The second-order valence-electron chi connectivity index (χ2n) is 4.47. The summed E-state index contributed by atoms with van der Waals surface area (Å²) in [5.41, 5.74) is 2.47. The molecule has 104 valence electrons. The van der Waals surface area contributed by atoms with Gasteiger partial charge in [0.25, 0.3) is 0 Å². The van der Waals surface area contributed by atoms with Gasteiger partial charge in [-0.15, -0.1) is 0 Å². The van der Waals surface area contributed by atoms with Gasteiger partial charge in [0.1, 0.15) is 11.4 Å². The van der Waals surface area contributed by atoms with Crippen molar-refractivity contribution < 1.29 is 9.53 Å². The highest BCUT2D eigenvalue weighted by Crippen LogP contribution is 2.29. The lowest BCUT2D eigenvalue weighted by Gasteiger charge is -2.12. The first-order chi connectivity index (χ1) is 9.43. The Morgan fingerprint density at radius 2 is 1.90 bits per heavy atom. The molecule has 0 aliphatic carbocycles. The molecule has 0 atom stereocenters. The average molecular weight is 310 g/mol. The van der Waals surface area contributed by atoms with E-state index in [0.717, 1.165) is 11.1 Å². The van der Waals surface area contributed by atoms with Crippen molar-refractivity contribution in [3.05, 3.63) is 56.8 Å². The molecule has 0 spiro atoms. The number of ketones is 1. The highest BCUT2D eigenvalue weighted by atomic mass is 35.5. The van der Waals surface area contributed by atoms with Crippen LogP contribution in [0.1, 0.15) is 27.2 Å². The van der Waals surface area contributed by atoms with Crippen molar-refractivity contribution in [1.29, 1.82) is 0 Å². The molecular formula is C15H13Cl2NO2. The standard InChI is InChI=1S/C15H13Cl2NO2/c1-8-4-9(2)13(12(5-8)20-3)15(19)14-11(17)6-10(16)7-18-14/h4-7H,1-3H3. The quantitative estimate of drug-likeness (QED) is 0.796. The van der Waals surface area contributed by atoms with Crippen molar-refractivity contribution in [2.24, 2.45) is 0 Å². The van der Waals surface area contributed by atoms with Crippen LogP contribution >= 0.6 is 23.2 Å². The van der Waals surface area contributed by atoms with Crippen molar-refractivity contribution in [2.45, 2.75) is 13.8 Å². The molecule has 20 heavy (non-hydrogen) atoms. The molecule has 2 rings (SSSR count). The maximum Gasteiger partial charge on any atom is 0.216 e. The first-order valence-electron chi connectivity index (χ1n) is 5.95. The molecule has 0 aliphatic rings. The molecule has 2 aromatic rings. The lowest BCUT2D eigenvalue weighted by molar-refractivity contribution is 0.103. The van der Waals surface area contributed by atoms with E-state index in [1.807, 2.05) is 26.0 Å². The van der Waals surface area contributed by atoms with Gasteiger partial charge in [0, 0.05) is 6.20 Å². The van der Waals surface area contributed by atoms with Crippen molar-refractivity contribution in [1.82, 2.24) is 4.98 Å². The second-order valence-corrected chi connectivity index (χ2v) is 5.32. The molecule has 0 fully saturated rings. The van der Waals surface area contributed by atoms with Crippen LogP contribution in [0.25, 0.3) is 0 Å². The van der Waals surface area contributed by atoms with Crippen LogP contribution in [-0.2, 0) is 0 Å². The van der Waals surface area contributed by atoms with Crippen molar-refractivity contribution in [3.63, 3.8) is 0 Å². The number of ether oxygens (including phenoxy) is 1. The van der Waals surface area contributed by atoms with E-state index in [2.05, 4.69) is 4.98 Å². The summed E-state index contributed by atoms with van der Waals surface area (Å²) in [6.07, 6.45) is 1.40. The topological polar surface area (TPSA) is 39.2 Å². The number of aromatic nitrogens is 1. The number of pyridine rings is 1. The van der Waals surface area contributed by atoms with E-state index in [0.29, 0.717) is 16.3 Å². The maximum absolute atomic E-state index is 12.6. The number of aryl methyl sites for hydroxylation is 2. The Labute approximate surface area is 127 Å². The number of carbonyl (C=O) groups is 1. The van der Waals surface area contributed by atoms with Gasteiger partial charge in [0.05, 0.1) is 22.7 Å². The van der Waals surface area contributed by atoms with Crippen LogP contribution in [0, 0.1) is 13.8 Å². The van der Waals surface area contributed by atoms with Crippen LogP contribution in [0.3, 0.4) is 0 Å². The fourth-order valence-corrected chi connectivity index (χ4v) is 2.55. The molecule has 0 amide bonds. The zero-order valence-electron chi connectivity index (χ0n) is 11.3. The molecule has 0 aliphatic heterocycles. The number of rotatable bonds is 3. The van der Waals surface area contributed by atoms with Gasteiger partial charge in [-0.25, -0.2) is 4.98 Å². The van der Waals surface area contributed by atoms with Gasteiger partial charge >= 0.3 is 0 Å². The van der Waals surface area contributed by atoms with Gasteiger partial charge in [0.2, 0.25) is 5.78 Å². The molecule has 3 nitrogen and oxygen atoms in total. The van der Waals surface area contributed by atoms with Gasteiger partial charge in [0.15, 0.2) is 0 Å². The van der Waals surface area contributed by atoms with E-state index in [4.69, 9.17) is 27.9 Å². The Morgan fingerprint density at radius 1 is 1.20 bits per heavy atom. The van der Waals surface area contributed by atoms with Crippen molar-refractivity contribution in [3.8, 4) is 5.75 Å². The molecule has 5 heteroatoms. The number of hydrogen-bond acceptors (Lipinski definition) is 3. The number of halogens is 2. The van der Waals surface area contributed by atoms with Crippen molar-refractivity contribution in [2.75, 3.05) is 7.11 Å². The molecule has 0 unspecified atom stereocenters. The smallest absolute Gasteiger partial charge is 0.216 e. The molecule has 0 saturated carbocycles. The minimum atomic E-state index is -0.277. The lowest BCUT2D eigenvalue weighted by Crippen LogP contribution is -2.09. The van der Waals surface area contributed by atoms with Gasteiger partial charge in [-0.2, -0.15) is 0 Å². The highest BCUT2D eigenvalue weighted by molar-refractivity contribution is 6.37. The largest absolute Gasteiger partial charge is 0.496 e. The molecule has 1 aromatic heterocycles. The minimum Gasteiger partial charge on any atom is -0.496 e. The van der Waals surface area contributed by atoms with E-state index in [9.17, 15) is 4.79 Å².